The Kier molecular flexibility index (Phi) is 4.80. The third-order valence-corrected chi connectivity index (χ3v) is 3.50. The van der Waals surface area contributed by atoms with E-state index in [9.17, 15) is 4.79 Å². The summed E-state index contributed by atoms with van der Waals surface area (Å²) in [4.78, 5) is 12.1. The van der Waals surface area contributed by atoms with E-state index in [2.05, 4.69) is 10.6 Å². The van der Waals surface area contributed by atoms with Gasteiger partial charge in [-0.3, -0.25) is 0 Å². The van der Waals surface area contributed by atoms with E-state index in [4.69, 9.17) is 21.7 Å². The summed E-state index contributed by atoms with van der Waals surface area (Å²) in [6.45, 7) is 4.37. The fourth-order valence-corrected chi connectivity index (χ4v) is 2.31. The molecule has 0 amide bonds. The molecule has 0 aliphatic carbocycles. The van der Waals surface area contributed by atoms with E-state index in [1.165, 1.54) is 0 Å². The van der Waals surface area contributed by atoms with Crippen molar-refractivity contribution >= 4 is 23.3 Å². The molecule has 0 fully saturated rings. The molecule has 6 heteroatoms. The molecule has 1 aromatic rings. The molecule has 2 rings (SSSR count). The first-order chi connectivity index (χ1) is 10.0. The first-order valence-electron chi connectivity index (χ1n) is 6.56. The average molecular weight is 306 g/mol. The van der Waals surface area contributed by atoms with E-state index < -0.39 is 0 Å². The van der Waals surface area contributed by atoms with Gasteiger partial charge in [0.1, 0.15) is 12.4 Å². The molecule has 1 aliphatic heterocycles. The number of rotatable bonds is 4. The Labute approximate surface area is 129 Å². The van der Waals surface area contributed by atoms with E-state index in [0.29, 0.717) is 17.2 Å². The van der Waals surface area contributed by atoms with Crippen molar-refractivity contribution in [2.45, 2.75) is 20.5 Å². The Morgan fingerprint density at radius 3 is 2.76 bits per heavy atom. The molecule has 0 radical (unpaired) electrons. The van der Waals surface area contributed by atoms with Gasteiger partial charge in [0.2, 0.25) is 0 Å². The first-order valence-corrected chi connectivity index (χ1v) is 6.97. The zero-order valence-electron chi connectivity index (χ0n) is 12.3. The van der Waals surface area contributed by atoms with Gasteiger partial charge in [0.05, 0.1) is 19.2 Å². The largest absolute Gasteiger partial charge is 0.496 e. The number of allylic oxidation sites excluding steroid dienone is 1. The van der Waals surface area contributed by atoms with Crippen LogP contribution in [0.3, 0.4) is 0 Å². The summed E-state index contributed by atoms with van der Waals surface area (Å²) in [5.74, 6) is 0.473. The monoisotopic (exact) mass is 306 g/mol. The highest BCUT2D eigenvalue weighted by atomic mass is 32.1. The van der Waals surface area contributed by atoms with E-state index in [-0.39, 0.29) is 12.6 Å². The minimum atomic E-state index is -0.344. The molecule has 0 aromatic heterocycles. The van der Waals surface area contributed by atoms with Crippen LogP contribution < -0.4 is 15.4 Å². The van der Waals surface area contributed by atoms with Gasteiger partial charge in [0.15, 0.2) is 5.11 Å². The van der Waals surface area contributed by atoms with Crippen molar-refractivity contribution in [3.05, 3.63) is 40.6 Å². The van der Waals surface area contributed by atoms with Crippen LogP contribution in [0.1, 0.15) is 18.1 Å². The van der Waals surface area contributed by atoms with Gasteiger partial charge < -0.3 is 20.1 Å². The second-order valence-corrected chi connectivity index (χ2v) is 5.20. The number of hydrogen-bond acceptors (Lipinski definition) is 4. The van der Waals surface area contributed by atoms with E-state index in [0.717, 1.165) is 22.6 Å². The minimum Gasteiger partial charge on any atom is -0.496 e. The smallest absolute Gasteiger partial charge is 0.337 e. The molecule has 0 saturated carbocycles. The second kappa shape index (κ2) is 6.58. The van der Waals surface area contributed by atoms with Gasteiger partial charge in [-0.15, -0.1) is 0 Å². The summed E-state index contributed by atoms with van der Waals surface area (Å²) < 4.78 is 10.5. The number of esters is 1. The third-order valence-electron chi connectivity index (χ3n) is 3.26. The number of benzene rings is 1. The molecule has 0 saturated heterocycles. The van der Waals surface area contributed by atoms with Crippen molar-refractivity contribution in [1.82, 2.24) is 10.6 Å². The topological polar surface area (TPSA) is 59.6 Å². The standard InChI is InChI=1S/C15H18N2O3S/c1-9-6-11(4-5-13(9)19-3)8-20-14(18)12-7-16-15(21)17-10(12)2/h4-6H,7-8H2,1-3H3,(H2,16,17,21). The zero-order valence-corrected chi connectivity index (χ0v) is 13.1. The molecule has 112 valence electrons. The fraction of sp³-hybridized carbons (Fsp3) is 0.333. The SMILES string of the molecule is COc1ccc(COC(=O)C2=C(C)NC(=S)NC2)cc1C. The molecule has 21 heavy (non-hydrogen) atoms. The molecule has 0 spiro atoms. The van der Waals surface area contributed by atoms with Crippen LogP contribution in [0, 0.1) is 6.92 Å². The van der Waals surface area contributed by atoms with Crippen molar-refractivity contribution in [3.63, 3.8) is 0 Å². The Balaban J connectivity index is 2.00. The lowest BCUT2D eigenvalue weighted by Gasteiger charge is -2.20. The molecular formula is C15H18N2O3S. The van der Waals surface area contributed by atoms with E-state index in [1.54, 1.807) is 14.0 Å². The van der Waals surface area contributed by atoms with Crippen molar-refractivity contribution in [2.75, 3.05) is 13.7 Å². The van der Waals surface area contributed by atoms with Crippen molar-refractivity contribution in [3.8, 4) is 5.75 Å². The summed E-state index contributed by atoms with van der Waals surface area (Å²) >= 11 is 4.98. The molecule has 1 heterocycles. The van der Waals surface area contributed by atoms with Gasteiger partial charge in [-0.1, -0.05) is 6.07 Å². The number of nitrogens with one attached hydrogen (secondary N) is 2. The van der Waals surface area contributed by atoms with Gasteiger partial charge in [0, 0.05) is 5.70 Å². The van der Waals surface area contributed by atoms with Gasteiger partial charge in [-0.25, -0.2) is 4.79 Å². The number of thiocarbonyl (C=S) groups is 1. The van der Waals surface area contributed by atoms with Gasteiger partial charge >= 0.3 is 5.97 Å². The van der Waals surface area contributed by atoms with Crippen LogP contribution in [0.2, 0.25) is 0 Å². The highest BCUT2D eigenvalue weighted by molar-refractivity contribution is 7.80. The average Bonchev–Trinajstić information content (AvgIpc) is 2.45. The van der Waals surface area contributed by atoms with Gasteiger partial charge in [0.25, 0.3) is 0 Å². The maximum Gasteiger partial charge on any atom is 0.337 e. The van der Waals surface area contributed by atoms with Crippen molar-refractivity contribution in [2.24, 2.45) is 0 Å². The molecule has 2 N–H and O–H groups in total. The number of aryl methyl sites for hydroxylation is 1. The highest BCUT2D eigenvalue weighted by Crippen LogP contribution is 2.19. The fourth-order valence-electron chi connectivity index (χ4n) is 2.08. The van der Waals surface area contributed by atoms with Crippen LogP contribution in [0.5, 0.6) is 5.75 Å². The van der Waals surface area contributed by atoms with E-state index in [1.807, 2.05) is 25.1 Å². The lowest BCUT2D eigenvalue weighted by atomic mass is 10.1. The van der Waals surface area contributed by atoms with Crippen LogP contribution in [-0.2, 0) is 16.1 Å². The minimum absolute atomic E-state index is 0.227. The van der Waals surface area contributed by atoms with Gasteiger partial charge in [-0.2, -0.15) is 0 Å². The summed E-state index contributed by atoms with van der Waals surface area (Å²) in [7, 11) is 1.63. The summed E-state index contributed by atoms with van der Waals surface area (Å²) in [5, 5.41) is 6.35. The summed E-state index contributed by atoms with van der Waals surface area (Å²) in [6, 6.07) is 5.69. The number of ether oxygens (including phenoxy) is 2. The van der Waals surface area contributed by atoms with Crippen LogP contribution in [0.4, 0.5) is 0 Å². The van der Waals surface area contributed by atoms with Crippen LogP contribution in [0.15, 0.2) is 29.5 Å². The summed E-state index contributed by atoms with van der Waals surface area (Å²) in [6.07, 6.45) is 0. The Bertz CT molecular complexity index is 611. The highest BCUT2D eigenvalue weighted by Gasteiger charge is 2.19. The first kappa shape index (κ1) is 15.3. The second-order valence-electron chi connectivity index (χ2n) is 4.79. The molecule has 0 atom stereocenters. The molecule has 5 nitrogen and oxygen atoms in total. The normalized spacial score (nSPS) is 14.3. The van der Waals surface area contributed by atoms with Crippen molar-refractivity contribution in [1.29, 1.82) is 0 Å². The quantitative estimate of drug-likeness (QED) is 0.653. The molecule has 0 unspecified atom stereocenters. The maximum absolute atomic E-state index is 12.1. The lowest BCUT2D eigenvalue weighted by Crippen LogP contribution is -2.42. The summed E-state index contributed by atoms with van der Waals surface area (Å²) in [5.41, 5.74) is 3.23. The number of methoxy groups -OCH3 is 1. The molecular weight excluding hydrogens is 288 g/mol. The molecule has 1 aromatic carbocycles. The Hall–Kier alpha value is -2.08. The Morgan fingerprint density at radius 2 is 2.14 bits per heavy atom. The zero-order chi connectivity index (χ0) is 15.4. The van der Waals surface area contributed by atoms with Crippen molar-refractivity contribution < 1.29 is 14.3 Å². The molecule has 1 aliphatic rings. The lowest BCUT2D eigenvalue weighted by molar-refractivity contribution is -0.140. The molecule has 0 bridgehead atoms. The number of carbonyl (C=O) groups is 1. The van der Waals surface area contributed by atoms with Crippen LogP contribution in [0.25, 0.3) is 0 Å². The third kappa shape index (κ3) is 3.72. The van der Waals surface area contributed by atoms with Crippen LogP contribution >= 0.6 is 12.2 Å². The van der Waals surface area contributed by atoms with Gasteiger partial charge in [-0.05, 0) is 49.3 Å². The van der Waals surface area contributed by atoms with Crippen LogP contribution in [-0.4, -0.2) is 24.7 Å². The predicted molar refractivity (Wildman–Crippen MR) is 84.0 cm³/mol. The maximum atomic E-state index is 12.1. The van der Waals surface area contributed by atoms with E-state index >= 15 is 0 Å². The predicted octanol–water partition coefficient (Wildman–Crippen LogP) is 1.80. The number of carbonyl (C=O) groups excluding carboxylic acids is 1. The Morgan fingerprint density at radius 1 is 1.38 bits per heavy atom. The number of hydrogen-bond donors (Lipinski definition) is 2.